The van der Waals surface area contributed by atoms with Crippen LogP contribution in [0.25, 0.3) is 0 Å². The molecule has 0 unspecified atom stereocenters. The number of rotatable bonds is 10. The van der Waals surface area contributed by atoms with Crippen molar-refractivity contribution < 1.29 is 23.7 Å². The van der Waals surface area contributed by atoms with E-state index in [1.165, 1.54) is 24.5 Å². The van der Waals surface area contributed by atoms with Gasteiger partial charge in [0.1, 0.15) is 5.75 Å². The Kier molecular flexibility index (Phi) is 9.28. The molecule has 2 aromatic carbocycles. The standard InChI is InChI=1S/C22H27ClN2O5/c1-5-28-20-13-17(14-24-25-22(26)27-4)12-19(23)21(20)30-8-6-7-29-18-10-15(2)9-16(3)11-18/h9-14H,5-8H2,1-4H3,(H,25,26)/b24-14+. The van der Waals surface area contributed by atoms with Gasteiger partial charge in [0.25, 0.3) is 0 Å². The number of ether oxygens (including phenoxy) is 4. The summed E-state index contributed by atoms with van der Waals surface area (Å²) in [5, 5.41) is 4.18. The van der Waals surface area contributed by atoms with Crippen LogP contribution in [-0.4, -0.2) is 39.2 Å². The van der Waals surface area contributed by atoms with Gasteiger partial charge in [-0.05, 0) is 61.7 Å². The van der Waals surface area contributed by atoms with E-state index < -0.39 is 6.09 Å². The molecule has 0 aliphatic heterocycles. The van der Waals surface area contributed by atoms with Crippen LogP contribution in [0.4, 0.5) is 4.79 Å². The van der Waals surface area contributed by atoms with Gasteiger partial charge in [0, 0.05) is 6.42 Å². The molecule has 0 bridgehead atoms. The van der Waals surface area contributed by atoms with Gasteiger partial charge in [-0.15, -0.1) is 0 Å². The molecule has 0 aromatic heterocycles. The van der Waals surface area contributed by atoms with Gasteiger partial charge in [-0.2, -0.15) is 5.10 Å². The largest absolute Gasteiger partial charge is 0.493 e. The van der Waals surface area contributed by atoms with E-state index in [1.807, 2.05) is 32.9 Å². The Labute approximate surface area is 181 Å². The first-order valence-electron chi connectivity index (χ1n) is 9.60. The molecule has 2 aromatic rings. The molecule has 1 amide bonds. The number of hydrazone groups is 1. The first kappa shape index (κ1) is 23.3. The van der Waals surface area contributed by atoms with Crippen molar-refractivity contribution in [3.63, 3.8) is 0 Å². The third-order valence-corrected chi connectivity index (χ3v) is 4.17. The highest BCUT2D eigenvalue weighted by Crippen LogP contribution is 2.36. The van der Waals surface area contributed by atoms with E-state index in [4.69, 9.17) is 25.8 Å². The minimum atomic E-state index is -0.662. The highest BCUT2D eigenvalue weighted by Gasteiger charge is 2.12. The average molecular weight is 435 g/mol. The fourth-order valence-corrected chi connectivity index (χ4v) is 2.98. The molecule has 0 spiro atoms. The summed E-state index contributed by atoms with van der Waals surface area (Å²) < 4.78 is 21.7. The zero-order valence-corrected chi connectivity index (χ0v) is 18.4. The maximum Gasteiger partial charge on any atom is 0.427 e. The molecule has 0 saturated heterocycles. The predicted molar refractivity (Wildman–Crippen MR) is 117 cm³/mol. The molecule has 0 aliphatic carbocycles. The zero-order valence-electron chi connectivity index (χ0n) is 17.7. The van der Waals surface area contributed by atoms with Crippen molar-refractivity contribution in [2.24, 2.45) is 5.10 Å². The Bertz CT molecular complexity index is 866. The monoisotopic (exact) mass is 434 g/mol. The Morgan fingerprint density at radius 1 is 1.07 bits per heavy atom. The molecule has 0 saturated carbocycles. The van der Waals surface area contributed by atoms with Crippen LogP contribution in [-0.2, 0) is 4.74 Å². The third-order valence-electron chi connectivity index (χ3n) is 3.89. The smallest absolute Gasteiger partial charge is 0.427 e. The predicted octanol–water partition coefficient (Wildman–Crippen LogP) is 4.89. The van der Waals surface area contributed by atoms with Crippen LogP contribution in [0.1, 0.15) is 30.0 Å². The second-order valence-electron chi connectivity index (χ2n) is 6.50. The molecule has 30 heavy (non-hydrogen) atoms. The maximum absolute atomic E-state index is 11.1. The molecule has 0 heterocycles. The highest BCUT2D eigenvalue weighted by molar-refractivity contribution is 6.32. The number of benzene rings is 2. The van der Waals surface area contributed by atoms with Crippen LogP contribution >= 0.6 is 11.6 Å². The molecular formula is C22H27ClN2O5. The number of amides is 1. The summed E-state index contributed by atoms with van der Waals surface area (Å²) in [4.78, 5) is 11.1. The van der Waals surface area contributed by atoms with E-state index in [-0.39, 0.29) is 0 Å². The van der Waals surface area contributed by atoms with Crippen molar-refractivity contribution in [3.8, 4) is 17.2 Å². The minimum Gasteiger partial charge on any atom is -0.493 e. The molecule has 2 rings (SSSR count). The highest BCUT2D eigenvalue weighted by atomic mass is 35.5. The topological polar surface area (TPSA) is 78.4 Å². The normalized spacial score (nSPS) is 10.7. The number of hydrogen-bond donors (Lipinski definition) is 1. The average Bonchev–Trinajstić information content (AvgIpc) is 2.68. The van der Waals surface area contributed by atoms with Gasteiger partial charge in [-0.3, -0.25) is 0 Å². The molecular weight excluding hydrogens is 408 g/mol. The van der Waals surface area contributed by atoms with Crippen molar-refractivity contribution in [1.82, 2.24) is 5.43 Å². The van der Waals surface area contributed by atoms with Crippen molar-refractivity contribution in [2.45, 2.75) is 27.2 Å². The number of nitrogens with zero attached hydrogens (tertiary/aromatic N) is 1. The summed E-state index contributed by atoms with van der Waals surface area (Å²) >= 11 is 6.37. The van der Waals surface area contributed by atoms with E-state index >= 15 is 0 Å². The summed E-state index contributed by atoms with van der Waals surface area (Å²) in [5.74, 6) is 1.81. The van der Waals surface area contributed by atoms with Gasteiger partial charge in [-0.25, -0.2) is 10.2 Å². The minimum absolute atomic E-state index is 0.385. The number of aryl methyl sites for hydroxylation is 2. The van der Waals surface area contributed by atoms with Crippen LogP contribution in [0, 0.1) is 13.8 Å². The van der Waals surface area contributed by atoms with E-state index in [0.29, 0.717) is 48.3 Å². The summed E-state index contributed by atoms with van der Waals surface area (Å²) in [6.07, 6.45) is 1.46. The summed E-state index contributed by atoms with van der Waals surface area (Å²) in [6, 6.07) is 9.53. The number of nitrogens with one attached hydrogen (secondary N) is 1. The summed E-state index contributed by atoms with van der Waals surface area (Å²) in [7, 11) is 1.26. The first-order valence-corrected chi connectivity index (χ1v) is 9.98. The van der Waals surface area contributed by atoms with Crippen LogP contribution in [0.5, 0.6) is 17.2 Å². The Morgan fingerprint density at radius 2 is 1.77 bits per heavy atom. The number of methoxy groups -OCH3 is 1. The molecule has 0 fully saturated rings. The van der Waals surface area contributed by atoms with Gasteiger partial charge in [-0.1, -0.05) is 17.7 Å². The molecule has 8 heteroatoms. The van der Waals surface area contributed by atoms with Crippen LogP contribution in [0.2, 0.25) is 5.02 Å². The number of carbonyl (C=O) groups excluding carboxylic acids is 1. The summed E-state index contributed by atoms with van der Waals surface area (Å²) in [6.45, 7) is 7.34. The van der Waals surface area contributed by atoms with E-state index in [0.717, 1.165) is 5.75 Å². The second-order valence-corrected chi connectivity index (χ2v) is 6.91. The lowest BCUT2D eigenvalue weighted by Crippen LogP contribution is -2.16. The van der Waals surface area contributed by atoms with Crippen molar-refractivity contribution in [3.05, 3.63) is 52.0 Å². The van der Waals surface area contributed by atoms with Crippen LogP contribution in [0.15, 0.2) is 35.4 Å². The van der Waals surface area contributed by atoms with E-state index in [1.54, 1.807) is 12.1 Å². The SMILES string of the molecule is CCOc1cc(/C=N/NC(=O)OC)cc(Cl)c1OCCCOc1cc(C)cc(C)c1. The molecule has 1 N–H and O–H groups in total. The van der Waals surface area contributed by atoms with Crippen LogP contribution in [0.3, 0.4) is 0 Å². The number of halogens is 1. The lowest BCUT2D eigenvalue weighted by molar-refractivity contribution is 0.171. The van der Waals surface area contributed by atoms with Gasteiger partial charge < -0.3 is 18.9 Å². The van der Waals surface area contributed by atoms with E-state index in [9.17, 15) is 4.79 Å². The second kappa shape index (κ2) is 11.9. The van der Waals surface area contributed by atoms with Crippen molar-refractivity contribution in [1.29, 1.82) is 0 Å². The fourth-order valence-electron chi connectivity index (χ4n) is 2.71. The van der Waals surface area contributed by atoms with E-state index in [2.05, 4.69) is 21.3 Å². The Hall–Kier alpha value is -2.93. The van der Waals surface area contributed by atoms with Crippen molar-refractivity contribution in [2.75, 3.05) is 26.9 Å². The Balaban J connectivity index is 1.94. The quantitative estimate of drug-likeness (QED) is 0.327. The molecule has 0 atom stereocenters. The molecule has 0 radical (unpaired) electrons. The first-order chi connectivity index (χ1) is 14.4. The lowest BCUT2D eigenvalue weighted by Gasteiger charge is -2.15. The van der Waals surface area contributed by atoms with Gasteiger partial charge in [0.15, 0.2) is 11.5 Å². The lowest BCUT2D eigenvalue weighted by atomic mass is 10.1. The van der Waals surface area contributed by atoms with Gasteiger partial charge in [0.2, 0.25) is 0 Å². The zero-order chi connectivity index (χ0) is 21.9. The third kappa shape index (κ3) is 7.48. The molecule has 0 aliphatic rings. The fraction of sp³-hybridized carbons (Fsp3) is 0.364. The van der Waals surface area contributed by atoms with Gasteiger partial charge in [0.05, 0.1) is 38.2 Å². The van der Waals surface area contributed by atoms with Crippen molar-refractivity contribution >= 4 is 23.9 Å². The molecule has 162 valence electrons. The summed E-state index contributed by atoms with van der Waals surface area (Å²) in [5.41, 5.74) is 5.19. The van der Waals surface area contributed by atoms with Crippen LogP contribution < -0.4 is 19.6 Å². The number of carbonyl (C=O) groups is 1. The molecule has 7 nitrogen and oxygen atoms in total. The Morgan fingerprint density at radius 3 is 2.43 bits per heavy atom. The van der Waals surface area contributed by atoms with Gasteiger partial charge >= 0.3 is 6.09 Å². The maximum atomic E-state index is 11.1. The number of hydrogen-bond acceptors (Lipinski definition) is 6.